The lowest BCUT2D eigenvalue weighted by molar-refractivity contribution is 0.0682. The monoisotopic (exact) mass is 295 g/mol. The SMILES string of the molecule is Cc1cc(Cl)c(C(=O)N2CCCC2CC(C)O)cc1C. The molecular formula is C16H22ClNO2. The standard InChI is InChI=1S/C16H22ClNO2/c1-10-7-14(15(17)8-11(10)2)16(20)18-6-4-5-13(18)9-12(3)19/h7-8,12-13,19H,4-6,9H2,1-3H3. The van der Waals surface area contributed by atoms with Gasteiger partial charge in [-0.05, 0) is 63.3 Å². The predicted molar refractivity (Wildman–Crippen MR) is 81.3 cm³/mol. The van der Waals surface area contributed by atoms with Gasteiger partial charge in [-0.2, -0.15) is 0 Å². The number of carbonyl (C=O) groups excluding carboxylic acids is 1. The van der Waals surface area contributed by atoms with Crippen molar-refractivity contribution in [2.75, 3.05) is 6.54 Å². The Hall–Kier alpha value is -1.06. The van der Waals surface area contributed by atoms with Crippen molar-refractivity contribution in [2.45, 2.75) is 52.2 Å². The van der Waals surface area contributed by atoms with E-state index in [9.17, 15) is 9.90 Å². The second kappa shape index (κ2) is 6.15. The van der Waals surface area contributed by atoms with Gasteiger partial charge >= 0.3 is 0 Å². The van der Waals surface area contributed by atoms with Crippen molar-refractivity contribution in [1.82, 2.24) is 4.90 Å². The van der Waals surface area contributed by atoms with E-state index in [0.717, 1.165) is 30.5 Å². The molecule has 0 bridgehead atoms. The van der Waals surface area contributed by atoms with Crippen molar-refractivity contribution in [2.24, 2.45) is 0 Å². The van der Waals surface area contributed by atoms with E-state index in [0.29, 0.717) is 17.0 Å². The van der Waals surface area contributed by atoms with E-state index in [-0.39, 0.29) is 18.1 Å². The first-order valence-electron chi connectivity index (χ1n) is 7.16. The summed E-state index contributed by atoms with van der Waals surface area (Å²) in [5, 5.41) is 10.1. The zero-order chi connectivity index (χ0) is 14.9. The Morgan fingerprint density at radius 1 is 1.45 bits per heavy atom. The Morgan fingerprint density at radius 3 is 2.75 bits per heavy atom. The summed E-state index contributed by atoms with van der Waals surface area (Å²) in [4.78, 5) is 14.5. The molecule has 1 saturated heterocycles. The maximum Gasteiger partial charge on any atom is 0.255 e. The van der Waals surface area contributed by atoms with Crippen LogP contribution in [0.3, 0.4) is 0 Å². The van der Waals surface area contributed by atoms with Gasteiger partial charge in [0.2, 0.25) is 0 Å². The average Bonchev–Trinajstić information content (AvgIpc) is 2.80. The Kier molecular flexibility index (Phi) is 4.71. The van der Waals surface area contributed by atoms with Crippen LogP contribution in [0, 0.1) is 13.8 Å². The zero-order valence-corrected chi connectivity index (χ0v) is 13.1. The topological polar surface area (TPSA) is 40.5 Å². The second-order valence-electron chi connectivity index (χ2n) is 5.80. The molecular weight excluding hydrogens is 274 g/mol. The summed E-state index contributed by atoms with van der Waals surface area (Å²) < 4.78 is 0. The molecule has 2 atom stereocenters. The van der Waals surface area contributed by atoms with Crippen molar-refractivity contribution >= 4 is 17.5 Å². The molecule has 1 aliphatic rings. The highest BCUT2D eigenvalue weighted by atomic mass is 35.5. The summed E-state index contributed by atoms with van der Waals surface area (Å²) in [6, 6.07) is 3.85. The van der Waals surface area contributed by atoms with E-state index in [1.54, 1.807) is 6.92 Å². The van der Waals surface area contributed by atoms with Crippen LogP contribution in [-0.2, 0) is 0 Å². The summed E-state index contributed by atoms with van der Waals surface area (Å²) in [5.41, 5.74) is 2.74. The maximum atomic E-state index is 12.7. The van der Waals surface area contributed by atoms with E-state index in [4.69, 9.17) is 11.6 Å². The molecule has 20 heavy (non-hydrogen) atoms. The Morgan fingerprint density at radius 2 is 2.10 bits per heavy atom. The molecule has 0 saturated carbocycles. The molecule has 1 fully saturated rings. The van der Waals surface area contributed by atoms with E-state index in [1.165, 1.54) is 0 Å². The highest BCUT2D eigenvalue weighted by molar-refractivity contribution is 6.34. The molecule has 2 rings (SSSR count). The average molecular weight is 296 g/mol. The van der Waals surface area contributed by atoms with Crippen LogP contribution < -0.4 is 0 Å². The van der Waals surface area contributed by atoms with Gasteiger partial charge in [-0.15, -0.1) is 0 Å². The van der Waals surface area contributed by atoms with Gasteiger partial charge in [0, 0.05) is 12.6 Å². The minimum atomic E-state index is -0.386. The van der Waals surface area contributed by atoms with Crippen molar-refractivity contribution in [3.63, 3.8) is 0 Å². The third-order valence-electron chi connectivity index (χ3n) is 4.06. The number of hydrogen-bond acceptors (Lipinski definition) is 2. The number of aliphatic hydroxyl groups excluding tert-OH is 1. The molecule has 1 aliphatic heterocycles. The first-order valence-corrected chi connectivity index (χ1v) is 7.53. The zero-order valence-electron chi connectivity index (χ0n) is 12.3. The van der Waals surface area contributed by atoms with Gasteiger partial charge in [-0.25, -0.2) is 0 Å². The van der Waals surface area contributed by atoms with Crippen molar-refractivity contribution in [3.8, 4) is 0 Å². The minimum Gasteiger partial charge on any atom is -0.393 e. The molecule has 2 unspecified atom stereocenters. The lowest BCUT2D eigenvalue weighted by Crippen LogP contribution is -2.37. The second-order valence-corrected chi connectivity index (χ2v) is 6.20. The number of amides is 1. The number of likely N-dealkylation sites (tertiary alicyclic amines) is 1. The normalized spacial score (nSPS) is 20.2. The van der Waals surface area contributed by atoms with Crippen LogP contribution in [0.4, 0.5) is 0 Å². The molecule has 4 heteroatoms. The highest BCUT2D eigenvalue weighted by Gasteiger charge is 2.31. The summed E-state index contributed by atoms with van der Waals surface area (Å²) in [5.74, 6) is -0.0127. The lowest BCUT2D eigenvalue weighted by atomic mass is 10.0. The summed E-state index contributed by atoms with van der Waals surface area (Å²) in [7, 11) is 0. The van der Waals surface area contributed by atoms with Crippen LogP contribution in [0.25, 0.3) is 0 Å². The third-order valence-corrected chi connectivity index (χ3v) is 4.38. The maximum absolute atomic E-state index is 12.7. The smallest absolute Gasteiger partial charge is 0.255 e. The fourth-order valence-electron chi connectivity index (χ4n) is 2.84. The van der Waals surface area contributed by atoms with Crippen LogP contribution in [0.15, 0.2) is 12.1 Å². The fourth-order valence-corrected chi connectivity index (χ4v) is 3.14. The van der Waals surface area contributed by atoms with E-state index < -0.39 is 0 Å². The molecule has 0 spiro atoms. The lowest BCUT2D eigenvalue weighted by Gasteiger charge is -2.26. The summed E-state index contributed by atoms with van der Waals surface area (Å²) >= 11 is 6.23. The van der Waals surface area contributed by atoms with Gasteiger partial charge in [0.05, 0.1) is 16.7 Å². The molecule has 110 valence electrons. The van der Waals surface area contributed by atoms with Crippen molar-refractivity contribution in [1.29, 1.82) is 0 Å². The number of halogens is 1. The number of aryl methyl sites for hydroxylation is 2. The Balaban J connectivity index is 2.24. The molecule has 1 N–H and O–H groups in total. The molecule has 3 nitrogen and oxygen atoms in total. The number of hydrogen-bond donors (Lipinski definition) is 1. The molecule has 1 aromatic carbocycles. The predicted octanol–water partition coefficient (Wildman–Crippen LogP) is 3.33. The van der Waals surface area contributed by atoms with Gasteiger partial charge in [0.1, 0.15) is 0 Å². The van der Waals surface area contributed by atoms with Gasteiger partial charge < -0.3 is 10.0 Å². The van der Waals surface area contributed by atoms with Gasteiger partial charge in [-0.3, -0.25) is 4.79 Å². The van der Waals surface area contributed by atoms with Crippen LogP contribution in [-0.4, -0.2) is 34.6 Å². The molecule has 1 heterocycles. The van der Waals surface area contributed by atoms with Crippen molar-refractivity contribution in [3.05, 3.63) is 33.8 Å². The van der Waals surface area contributed by atoms with Gasteiger partial charge in [-0.1, -0.05) is 11.6 Å². The first-order chi connectivity index (χ1) is 9.40. The minimum absolute atomic E-state index is 0.0127. The van der Waals surface area contributed by atoms with Crippen LogP contribution in [0.2, 0.25) is 5.02 Å². The number of aliphatic hydroxyl groups is 1. The van der Waals surface area contributed by atoms with E-state index >= 15 is 0 Å². The van der Waals surface area contributed by atoms with Crippen molar-refractivity contribution < 1.29 is 9.90 Å². The Bertz CT molecular complexity index is 513. The van der Waals surface area contributed by atoms with Gasteiger partial charge in [0.25, 0.3) is 5.91 Å². The molecule has 0 aliphatic carbocycles. The third kappa shape index (κ3) is 3.15. The molecule has 1 aromatic rings. The summed E-state index contributed by atoms with van der Waals surface area (Å²) in [6.07, 6.45) is 2.20. The number of benzene rings is 1. The number of nitrogens with zero attached hydrogens (tertiary/aromatic N) is 1. The summed E-state index contributed by atoms with van der Waals surface area (Å²) in [6.45, 7) is 6.49. The van der Waals surface area contributed by atoms with Crippen LogP contribution in [0.1, 0.15) is 47.7 Å². The quantitative estimate of drug-likeness (QED) is 0.929. The van der Waals surface area contributed by atoms with Crippen LogP contribution in [0.5, 0.6) is 0 Å². The number of carbonyl (C=O) groups is 1. The van der Waals surface area contributed by atoms with Gasteiger partial charge in [0.15, 0.2) is 0 Å². The van der Waals surface area contributed by atoms with E-state index in [1.807, 2.05) is 30.9 Å². The first kappa shape index (κ1) is 15.3. The van der Waals surface area contributed by atoms with Crippen LogP contribution >= 0.6 is 11.6 Å². The number of rotatable bonds is 3. The van der Waals surface area contributed by atoms with E-state index in [2.05, 4.69) is 0 Å². The fraction of sp³-hybridized carbons (Fsp3) is 0.562. The Labute approximate surface area is 125 Å². The largest absolute Gasteiger partial charge is 0.393 e. The molecule has 0 radical (unpaired) electrons. The molecule has 1 amide bonds. The highest BCUT2D eigenvalue weighted by Crippen LogP contribution is 2.27. The molecule has 0 aromatic heterocycles.